The summed E-state index contributed by atoms with van der Waals surface area (Å²) in [5, 5.41) is 0. The minimum atomic E-state index is -0.145. The van der Waals surface area contributed by atoms with Crippen molar-refractivity contribution in [1.82, 2.24) is 4.57 Å². The Morgan fingerprint density at radius 1 is 1.16 bits per heavy atom. The summed E-state index contributed by atoms with van der Waals surface area (Å²) in [7, 11) is 0. The van der Waals surface area contributed by atoms with Crippen LogP contribution in [0.1, 0.15) is 62.4 Å². The van der Waals surface area contributed by atoms with Crippen LogP contribution in [0, 0.1) is 48.9 Å². The molecule has 0 N–H and O–H groups in total. The van der Waals surface area contributed by atoms with Gasteiger partial charge in [0.15, 0.2) is 4.80 Å². The van der Waals surface area contributed by atoms with Crippen LogP contribution in [0.25, 0.3) is 0 Å². The molecule has 0 saturated heterocycles. The van der Waals surface area contributed by atoms with Gasteiger partial charge in [-0.25, -0.2) is 0 Å². The smallest absolute Gasteiger partial charge is 0.254 e. The molecule has 3 nitrogen and oxygen atoms in total. The first-order valence-corrected chi connectivity index (χ1v) is 10.5. The number of rotatable bonds is 2. The largest absolute Gasteiger partial charge is 0.309 e. The second kappa shape index (κ2) is 6.43. The number of hydrogen-bond acceptors (Lipinski definition) is 2. The molecule has 0 unspecified atom stereocenters. The van der Waals surface area contributed by atoms with E-state index in [1.54, 1.807) is 11.3 Å². The maximum Gasteiger partial charge on any atom is 0.254 e. The van der Waals surface area contributed by atoms with Crippen molar-refractivity contribution in [2.24, 2.45) is 28.2 Å². The predicted octanol–water partition coefficient (Wildman–Crippen LogP) is 4.22. The van der Waals surface area contributed by atoms with Crippen molar-refractivity contribution in [2.75, 3.05) is 0 Å². The summed E-state index contributed by atoms with van der Waals surface area (Å²) < 4.78 is 2.13. The van der Waals surface area contributed by atoms with Gasteiger partial charge in [-0.3, -0.25) is 4.79 Å². The first-order chi connectivity index (χ1) is 12.0. The fraction of sp³-hybridized carbons (Fsp3) is 0.714. The Hall–Kier alpha value is -1.34. The zero-order valence-corrected chi connectivity index (χ0v) is 16.4. The van der Waals surface area contributed by atoms with Crippen LogP contribution in [0.4, 0.5) is 0 Å². The number of amides is 1. The number of nitrogens with zero attached hydrogens (tertiary/aromatic N) is 2. The molecular weight excluding hydrogens is 328 g/mol. The van der Waals surface area contributed by atoms with Gasteiger partial charge >= 0.3 is 0 Å². The van der Waals surface area contributed by atoms with E-state index >= 15 is 0 Å². The highest BCUT2D eigenvalue weighted by Gasteiger charge is 2.54. The summed E-state index contributed by atoms with van der Waals surface area (Å²) in [5.41, 5.74) is 1.04. The van der Waals surface area contributed by atoms with Crippen LogP contribution in [0.5, 0.6) is 0 Å². The molecule has 0 atom stereocenters. The van der Waals surface area contributed by atoms with Gasteiger partial charge in [0.2, 0.25) is 0 Å². The van der Waals surface area contributed by atoms with Gasteiger partial charge in [0, 0.05) is 17.0 Å². The minimum Gasteiger partial charge on any atom is -0.309 e. The van der Waals surface area contributed by atoms with E-state index in [4.69, 9.17) is 0 Å². The van der Waals surface area contributed by atoms with E-state index in [1.807, 2.05) is 0 Å². The van der Waals surface area contributed by atoms with Crippen molar-refractivity contribution in [3.63, 3.8) is 0 Å². The lowest BCUT2D eigenvalue weighted by Gasteiger charge is -2.55. The minimum absolute atomic E-state index is 0.145. The molecule has 1 aromatic rings. The lowest BCUT2D eigenvalue weighted by molar-refractivity contribution is -0.142. The number of hydrogen-bond donors (Lipinski definition) is 0. The Morgan fingerprint density at radius 3 is 2.32 bits per heavy atom. The van der Waals surface area contributed by atoms with Gasteiger partial charge < -0.3 is 4.57 Å². The van der Waals surface area contributed by atoms with Gasteiger partial charge in [-0.2, -0.15) is 4.99 Å². The van der Waals surface area contributed by atoms with E-state index in [0.717, 1.165) is 48.2 Å². The van der Waals surface area contributed by atoms with E-state index < -0.39 is 0 Å². The van der Waals surface area contributed by atoms with Crippen LogP contribution in [0.15, 0.2) is 4.99 Å². The van der Waals surface area contributed by atoms with E-state index in [0.29, 0.717) is 6.54 Å². The molecule has 0 aliphatic heterocycles. The second-order valence-electron chi connectivity index (χ2n) is 8.43. The van der Waals surface area contributed by atoms with Gasteiger partial charge in [-0.1, -0.05) is 12.8 Å². The van der Waals surface area contributed by atoms with E-state index in [1.165, 1.54) is 29.8 Å². The Labute approximate surface area is 154 Å². The third-order valence-electron chi connectivity index (χ3n) is 6.62. The molecule has 134 valence electrons. The SMILES string of the molecule is CCC#CCn1c(C)c(C)sc1=NC(=O)C12CC3CC(CC(C3)C1)C2. The van der Waals surface area contributed by atoms with Crippen LogP contribution in [-0.2, 0) is 11.3 Å². The predicted molar refractivity (Wildman–Crippen MR) is 101 cm³/mol. The van der Waals surface area contributed by atoms with Crippen LogP contribution in [0.3, 0.4) is 0 Å². The maximum atomic E-state index is 13.3. The van der Waals surface area contributed by atoms with Gasteiger partial charge in [0.1, 0.15) is 0 Å². The molecule has 4 saturated carbocycles. The fourth-order valence-corrected chi connectivity index (χ4v) is 6.68. The molecule has 0 spiro atoms. The molecule has 4 heteroatoms. The maximum absolute atomic E-state index is 13.3. The summed E-state index contributed by atoms with van der Waals surface area (Å²) in [6.07, 6.45) is 8.19. The third-order valence-corrected chi connectivity index (χ3v) is 7.71. The molecule has 1 amide bonds. The van der Waals surface area contributed by atoms with Crippen molar-refractivity contribution in [1.29, 1.82) is 0 Å². The van der Waals surface area contributed by atoms with Gasteiger partial charge in [-0.05, 0) is 70.1 Å². The van der Waals surface area contributed by atoms with Crippen LogP contribution < -0.4 is 4.80 Å². The van der Waals surface area contributed by atoms with E-state index in [9.17, 15) is 4.79 Å². The summed E-state index contributed by atoms with van der Waals surface area (Å²) >= 11 is 1.64. The molecule has 0 radical (unpaired) electrons. The molecule has 4 fully saturated rings. The Balaban J connectivity index is 1.67. The lowest BCUT2D eigenvalue weighted by Crippen LogP contribution is -2.50. The Kier molecular flexibility index (Phi) is 4.40. The number of aryl methyl sites for hydroxylation is 1. The average Bonchev–Trinajstić information content (AvgIpc) is 2.81. The summed E-state index contributed by atoms with van der Waals surface area (Å²) in [6, 6.07) is 0. The molecule has 1 aromatic heterocycles. The molecule has 5 rings (SSSR count). The highest BCUT2D eigenvalue weighted by molar-refractivity contribution is 7.09. The monoisotopic (exact) mass is 356 g/mol. The normalized spacial score (nSPS) is 33.4. The molecule has 4 bridgehead atoms. The summed E-state index contributed by atoms with van der Waals surface area (Å²) in [6.45, 7) is 6.91. The molecule has 0 aromatic carbocycles. The van der Waals surface area contributed by atoms with Crippen molar-refractivity contribution in [3.05, 3.63) is 15.4 Å². The summed E-state index contributed by atoms with van der Waals surface area (Å²) in [4.78, 5) is 20.0. The number of aromatic nitrogens is 1. The van der Waals surface area contributed by atoms with Gasteiger partial charge in [-0.15, -0.1) is 17.3 Å². The first-order valence-electron chi connectivity index (χ1n) is 9.72. The van der Waals surface area contributed by atoms with Gasteiger partial charge in [0.25, 0.3) is 5.91 Å². The third kappa shape index (κ3) is 3.01. The van der Waals surface area contributed by atoms with Crippen LogP contribution in [-0.4, -0.2) is 10.5 Å². The van der Waals surface area contributed by atoms with Crippen LogP contribution in [0.2, 0.25) is 0 Å². The van der Waals surface area contributed by atoms with E-state index in [2.05, 4.69) is 42.2 Å². The fourth-order valence-electron chi connectivity index (χ4n) is 5.71. The van der Waals surface area contributed by atoms with Crippen molar-refractivity contribution in [2.45, 2.75) is 72.3 Å². The van der Waals surface area contributed by atoms with Crippen molar-refractivity contribution < 1.29 is 4.79 Å². The lowest BCUT2D eigenvalue weighted by atomic mass is 9.49. The molecule has 4 aliphatic carbocycles. The van der Waals surface area contributed by atoms with Crippen molar-refractivity contribution in [3.8, 4) is 11.8 Å². The highest BCUT2D eigenvalue weighted by atomic mass is 32.1. The molecule has 4 aliphatic rings. The topological polar surface area (TPSA) is 34.4 Å². The van der Waals surface area contributed by atoms with Crippen LogP contribution >= 0.6 is 11.3 Å². The quantitative estimate of drug-likeness (QED) is 0.731. The Bertz CT molecular complexity index is 782. The standard InChI is InChI=1S/C21H28N2OS/c1-4-5-6-7-23-14(2)15(3)25-20(23)22-19(24)21-11-16-8-17(12-21)10-18(9-16)13-21/h16-18H,4,7-13H2,1-3H3. The molecule has 1 heterocycles. The first kappa shape index (κ1) is 17.1. The second-order valence-corrected chi connectivity index (χ2v) is 9.62. The van der Waals surface area contributed by atoms with E-state index in [-0.39, 0.29) is 11.3 Å². The molecular formula is C21H28N2OS. The average molecular weight is 357 g/mol. The van der Waals surface area contributed by atoms with Crippen molar-refractivity contribution >= 4 is 17.2 Å². The zero-order valence-electron chi connectivity index (χ0n) is 15.6. The van der Waals surface area contributed by atoms with Gasteiger partial charge in [0.05, 0.1) is 12.0 Å². The number of carbonyl (C=O) groups excluding carboxylic acids is 1. The molecule has 25 heavy (non-hydrogen) atoms. The number of carbonyl (C=O) groups is 1. The summed E-state index contributed by atoms with van der Waals surface area (Å²) in [5.74, 6) is 8.82. The number of thiazole rings is 1. The Morgan fingerprint density at radius 2 is 1.76 bits per heavy atom. The highest BCUT2D eigenvalue weighted by Crippen LogP contribution is 2.60. The zero-order chi connectivity index (χ0) is 17.6.